The Morgan fingerprint density at radius 1 is 1.03 bits per heavy atom. The van der Waals surface area contributed by atoms with Crippen LogP contribution in [0.4, 0.5) is 18.0 Å². The van der Waals surface area contributed by atoms with E-state index in [2.05, 4.69) is 0 Å². The van der Waals surface area contributed by atoms with Gasteiger partial charge >= 0.3 is 6.18 Å². The first-order valence-electron chi connectivity index (χ1n) is 8.88. The molecule has 4 rings (SSSR count). The average molecular weight is 445 g/mol. The van der Waals surface area contributed by atoms with E-state index in [0.717, 1.165) is 29.5 Å². The Hall–Kier alpha value is -2.84. The largest absolute Gasteiger partial charge is 0.457 e. The van der Waals surface area contributed by atoms with Gasteiger partial charge in [0.05, 0.1) is 17.0 Å². The molecular weight excluding hydrogens is 431 g/mol. The van der Waals surface area contributed by atoms with Gasteiger partial charge in [0, 0.05) is 5.56 Å². The Bertz CT molecular complexity index is 1140. The quantitative estimate of drug-likeness (QED) is 0.320. The molecule has 152 valence electrons. The van der Waals surface area contributed by atoms with Gasteiger partial charge in [-0.25, -0.2) is 0 Å². The predicted octanol–water partition coefficient (Wildman–Crippen LogP) is 7.00. The minimum absolute atomic E-state index is 0.181. The van der Waals surface area contributed by atoms with Crippen LogP contribution in [0.5, 0.6) is 0 Å². The summed E-state index contributed by atoms with van der Waals surface area (Å²) in [7, 11) is 0. The average Bonchev–Trinajstić information content (AvgIpc) is 3.29. The lowest BCUT2D eigenvalue weighted by Gasteiger charge is -2.14. The first-order chi connectivity index (χ1) is 14.3. The summed E-state index contributed by atoms with van der Waals surface area (Å²) >= 11 is 6.45. The van der Waals surface area contributed by atoms with Crippen molar-refractivity contribution in [1.82, 2.24) is 4.90 Å². The van der Waals surface area contributed by atoms with E-state index in [1.807, 2.05) is 30.3 Å². The van der Waals surface area contributed by atoms with Crippen LogP contribution in [0.15, 0.2) is 76.1 Å². The van der Waals surface area contributed by atoms with Crippen LogP contribution in [0.3, 0.4) is 0 Å². The molecule has 0 saturated carbocycles. The number of hydrogen-bond acceptors (Lipinski definition) is 4. The molecule has 1 aliphatic heterocycles. The monoisotopic (exact) mass is 445 g/mol. The third-order valence-electron chi connectivity index (χ3n) is 4.43. The van der Waals surface area contributed by atoms with Gasteiger partial charge in [0.1, 0.15) is 16.5 Å². The number of halogens is 3. The Morgan fingerprint density at radius 3 is 2.53 bits per heavy atom. The van der Waals surface area contributed by atoms with Crippen molar-refractivity contribution in [3.8, 4) is 11.3 Å². The molecule has 0 aliphatic carbocycles. The highest BCUT2D eigenvalue weighted by atomic mass is 32.2. The van der Waals surface area contributed by atoms with Crippen LogP contribution in [0.1, 0.15) is 16.9 Å². The standard InChI is InChI=1S/C22H14F3NO2S2/c23-22(24,25)16-8-4-7-15(11-16)18-10-9-17(28-18)12-19-20(29)26(21(27)30-19)13-14-5-2-1-3-6-14/h1-12H,13H2. The zero-order valence-corrected chi connectivity index (χ0v) is 17.0. The number of amides is 1. The van der Waals surface area contributed by atoms with E-state index >= 15 is 0 Å². The third kappa shape index (κ3) is 4.34. The molecule has 1 fully saturated rings. The number of carbonyl (C=O) groups excluding carboxylic acids is 1. The van der Waals surface area contributed by atoms with Crippen molar-refractivity contribution in [3.05, 3.63) is 88.5 Å². The van der Waals surface area contributed by atoms with Gasteiger partial charge in [0.25, 0.3) is 5.24 Å². The fraction of sp³-hybridized carbons (Fsp3) is 0.0909. The van der Waals surface area contributed by atoms with Crippen molar-refractivity contribution in [3.63, 3.8) is 0 Å². The summed E-state index contributed by atoms with van der Waals surface area (Å²) in [5.41, 5.74) is 0.531. The van der Waals surface area contributed by atoms with E-state index in [4.69, 9.17) is 16.6 Å². The highest BCUT2D eigenvalue weighted by molar-refractivity contribution is 8.19. The topological polar surface area (TPSA) is 33.5 Å². The Kier molecular flexibility index (Phi) is 5.53. The highest BCUT2D eigenvalue weighted by Crippen LogP contribution is 2.36. The molecule has 0 unspecified atom stereocenters. The molecule has 0 atom stereocenters. The molecule has 0 spiro atoms. The summed E-state index contributed by atoms with van der Waals surface area (Å²) in [6.45, 7) is 0.372. The van der Waals surface area contributed by atoms with Gasteiger partial charge in [0.2, 0.25) is 0 Å². The van der Waals surface area contributed by atoms with E-state index in [1.54, 1.807) is 24.3 Å². The maximum absolute atomic E-state index is 12.9. The van der Waals surface area contributed by atoms with Crippen molar-refractivity contribution in [1.29, 1.82) is 0 Å². The summed E-state index contributed by atoms with van der Waals surface area (Å²) < 4.78 is 44.5. The third-order valence-corrected chi connectivity index (χ3v) is 5.93. The van der Waals surface area contributed by atoms with Gasteiger partial charge in [-0.15, -0.1) is 0 Å². The molecule has 8 heteroatoms. The fourth-order valence-corrected chi connectivity index (χ4v) is 4.18. The van der Waals surface area contributed by atoms with Crippen LogP contribution in [-0.2, 0) is 12.7 Å². The number of rotatable bonds is 4. The van der Waals surface area contributed by atoms with E-state index in [-0.39, 0.29) is 5.24 Å². The number of nitrogens with zero attached hydrogens (tertiary/aromatic N) is 1. The zero-order chi connectivity index (χ0) is 21.3. The van der Waals surface area contributed by atoms with Gasteiger partial charge in [-0.05, 0) is 47.7 Å². The predicted molar refractivity (Wildman–Crippen MR) is 115 cm³/mol. The molecule has 0 bridgehead atoms. The molecular formula is C22H14F3NO2S2. The van der Waals surface area contributed by atoms with Crippen molar-refractivity contribution >= 4 is 40.3 Å². The smallest absolute Gasteiger partial charge is 0.416 e. The number of thioether (sulfide) groups is 1. The number of benzene rings is 2. The van der Waals surface area contributed by atoms with Crippen molar-refractivity contribution in [2.24, 2.45) is 0 Å². The molecule has 0 N–H and O–H groups in total. The van der Waals surface area contributed by atoms with Gasteiger partial charge < -0.3 is 4.42 Å². The lowest BCUT2D eigenvalue weighted by atomic mass is 10.1. The van der Waals surface area contributed by atoms with Crippen molar-refractivity contribution < 1.29 is 22.4 Å². The molecule has 1 amide bonds. The van der Waals surface area contributed by atoms with Crippen LogP contribution in [0.2, 0.25) is 0 Å². The van der Waals surface area contributed by atoms with Crippen molar-refractivity contribution in [2.45, 2.75) is 12.7 Å². The molecule has 1 saturated heterocycles. The summed E-state index contributed by atoms with van der Waals surface area (Å²) in [5, 5.41) is -0.181. The SMILES string of the molecule is O=C1SC(=Cc2ccc(-c3cccc(C(F)(F)F)c3)o2)C(=S)N1Cc1ccccc1. The second-order valence-corrected chi connectivity index (χ2v) is 7.91. The Labute approximate surface area is 180 Å². The molecule has 1 aromatic heterocycles. The molecule has 2 aromatic carbocycles. The first-order valence-corrected chi connectivity index (χ1v) is 10.1. The van der Waals surface area contributed by atoms with Crippen LogP contribution in [0.25, 0.3) is 17.4 Å². The van der Waals surface area contributed by atoms with Crippen LogP contribution in [0, 0.1) is 0 Å². The summed E-state index contributed by atoms with van der Waals surface area (Å²) in [5.74, 6) is 0.705. The molecule has 3 nitrogen and oxygen atoms in total. The van der Waals surface area contributed by atoms with Gasteiger partial charge in [0.15, 0.2) is 0 Å². The fourth-order valence-electron chi connectivity index (χ4n) is 2.97. The van der Waals surface area contributed by atoms with E-state index in [1.165, 1.54) is 11.0 Å². The van der Waals surface area contributed by atoms with Gasteiger partial charge in [-0.1, -0.05) is 54.7 Å². The van der Waals surface area contributed by atoms with Crippen LogP contribution in [-0.4, -0.2) is 15.1 Å². The van der Waals surface area contributed by atoms with Crippen LogP contribution >= 0.6 is 24.0 Å². The maximum Gasteiger partial charge on any atom is 0.416 e. The Morgan fingerprint density at radius 2 is 1.80 bits per heavy atom. The number of furan rings is 1. The zero-order valence-electron chi connectivity index (χ0n) is 15.3. The van der Waals surface area contributed by atoms with E-state index in [0.29, 0.717) is 33.5 Å². The maximum atomic E-state index is 12.9. The number of thiocarbonyl (C=S) groups is 1. The second-order valence-electron chi connectivity index (χ2n) is 6.53. The first kappa shape index (κ1) is 20.4. The molecule has 2 heterocycles. The molecule has 30 heavy (non-hydrogen) atoms. The minimum Gasteiger partial charge on any atom is -0.457 e. The van der Waals surface area contributed by atoms with Crippen LogP contribution < -0.4 is 0 Å². The van der Waals surface area contributed by atoms with Gasteiger partial charge in [-0.3, -0.25) is 9.69 Å². The summed E-state index contributed by atoms with van der Waals surface area (Å²) in [4.78, 5) is 14.8. The van der Waals surface area contributed by atoms with Crippen molar-refractivity contribution in [2.75, 3.05) is 0 Å². The summed E-state index contributed by atoms with van der Waals surface area (Å²) in [6, 6.07) is 17.7. The molecule has 0 radical (unpaired) electrons. The number of alkyl halides is 3. The minimum atomic E-state index is -4.43. The lowest BCUT2D eigenvalue weighted by Crippen LogP contribution is -2.26. The lowest BCUT2D eigenvalue weighted by molar-refractivity contribution is -0.137. The Balaban J connectivity index is 1.55. The number of carbonyl (C=O) groups is 1. The van der Waals surface area contributed by atoms with E-state index in [9.17, 15) is 18.0 Å². The van der Waals surface area contributed by atoms with Gasteiger partial charge in [-0.2, -0.15) is 13.2 Å². The normalized spacial score (nSPS) is 16.0. The molecule has 1 aliphatic rings. The molecule has 3 aromatic rings. The summed E-state index contributed by atoms with van der Waals surface area (Å²) in [6.07, 6.45) is -2.80. The second kappa shape index (κ2) is 8.12. The highest BCUT2D eigenvalue weighted by Gasteiger charge is 2.32. The van der Waals surface area contributed by atoms with E-state index < -0.39 is 11.7 Å². The number of hydrogen-bond donors (Lipinski definition) is 0.